The molecule has 0 radical (unpaired) electrons. The third kappa shape index (κ3) is 3.91. The molecule has 0 bridgehead atoms. The zero-order chi connectivity index (χ0) is 13.5. The van der Waals surface area contributed by atoms with E-state index >= 15 is 0 Å². The molecule has 1 aromatic carbocycles. The lowest BCUT2D eigenvalue weighted by Gasteiger charge is -2.28. The molecule has 1 N–H and O–H groups in total. The van der Waals surface area contributed by atoms with Crippen molar-refractivity contribution in [2.75, 3.05) is 12.4 Å². The van der Waals surface area contributed by atoms with Gasteiger partial charge in [-0.2, -0.15) is 0 Å². The number of benzene rings is 1. The normalized spacial score (nSPS) is 12.2. The molecule has 3 nitrogen and oxygen atoms in total. The Kier molecular flexibility index (Phi) is 5.99. The van der Waals surface area contributed by atoms with Crippen LogP contribution < -0.4 is 0 Å². The van der Waals surface area contributed by atoms with Gasteiger partial charge in [-0.25, -0.2) is 0 Å². The van der Waals surface area contributed by atoms with Gasteiger partial charge in [0.05, 0.1) is 6.04 Å². The number of carbonyl (C=O) groups is 1. The lowest BCUT2D eigenvalue weighted by molar-refractivity contribution is -0.133. The number of hydrogen-bond acceptors (Lipinski definition) is 2. The van der Waals surface area contributed by atoms with Crippen molar-refractivity contribution in [1.82, 2.24) is 4.90 Å². The summed E-state index contributed by atoms with van der Waals surface area (Å²) in [6, 6.07) is 6.99. The molecule has 0 fully saturated rings. The van der Waals surface area contributed by atoms with Crippen LogP contribution in [0.3, 0.4) is 0 Å². The quantitative estimate of drug-likeness (QED) is 0.805. The number of phenolic OH excluding ortho intramolecular Hbond substituents is 1. The van der Waals surface area contributed by atoms with E-state index in [9.17, 15) is 9.90 Å². The highest BCUT2D eigenvalue weighted by Crippen LogP contribution is 2.24. The molecule has 100 valence electrons. The molecule has 1 unspecified atom stereocenters. The number of halogens is 1. The third-order valence-corrected chi connectivity index (χ3v) is 3.27. The largest absolute Gasteiger partial charge is 0.508 e. The second kappa shape index (κ2) is 7.27. The molecule has 1 aromatic rings. The minimum atomic E-state index is -0.0371. The fourth-order valence-corrected chi connectivity index (χ4v) is 2.13. The zero-order valence-electron chi connectivity index (χ0n) is 10.9. The van der Waals surface area contributed by atoms with Crippen LogP contribution in [0.4, 0.5) is 0 Å². The van der Waals surface area contributed by atoms with Gasteiger partial charge in [-0.15, -0.1) is 11.6 Å². The lowest BCUT2D eigenvalue weighted by atomic mass is 10.1. The van der Waals surface area contributed by atoms with Gasteiger partial charge >= 0.3 is 0 Å². The molecule has 0 saturated carbocycles. The van der Waals surface area contributed by atoms with Crippen LogP contribution in [0.5, 0.6) is 5.75 Å². The molecule has 1 rings (SSSR count). The maximum Gasteiger partial charge on any atom is 0.223 e. The lowest BCUT2D eigenvalue weighted by Crippen LogP contribution is -2.33. The van der Waals surface area contributed by atoms with Gasteiger partial charge in [0, 0.05) is 18.8 Å². The van der Waals surface area contributed by atoms with E-state index in [1.54, 1.807) is 23.1 Å². The fourth-order valence-electron chi connectivity index (χ4n) is 1.99. The maximum absolute atomic E-state index is 12.0. The van der Waals surface area contributed by atoms with E-state index in [1.807, 2.05) is 19.9 Å². The monoisotopic (exact) mass is 269 g/mol. The predicted octanol–water partition coefficient (Wildman–Crippen LogP) is 3.32. The molecule has 18 heavy (non-hydrogen) atoms. The van der Waals surface area contributed by atoms with Crippen LogP contribution in [0.25, 0.3) is 0 Å². The van der Waals surface area contributed by atoms with Crippen molar-refractivity contribution < 1.29 is 9.90 Å². The Morgan fingerprint density at radius 3 is 2.78 bits per heavy atom. The Balaban J connectivity index is 2.78. The summed E-state index contributed by atoms with van der Waals surface area (Å²) in [5.41, 5.74) is 0.941. The van der Waals surface area contributed by atoms with E-state index in [0.29, 0.717) is 25.3 Å². The molecule has 0 heterocycles. The van der Waals surface area contributed by atoms with E-state index in [1.165, 1.54) is 0 Å². The Morgan fingerprint density at radius 2 is 2.22 bits per heavy atom. The maximum atomic E-state index is 12.0. The molecule has 4 heteroatoms. The zero-order valence-corrected chi connectivity index (χ0v) is 11.7. The first-order valence-corrected chi connectivity index (χ1v) is 6.78. The van der Waals surface area contributed by atoms with Crippen LogP contribution >= 0.6 is 11.6 Å². The summed E-state index contributed by atoms with van der Waals surface area (Å²) in [5, 5.41) is 9.48. The molecule has 0 aromatic heterocycles. The van der Waals surface area contributed by atoms with E-state index < -0.39 is 0 Å². The minimum absolute atomic E-state index is 0.0371. The van der Waals surface area contributed by atoms with Crippen LogP contribution in [-0.4, -0.2) is 28.3 Å². The average Bonchev–Trinajstić information content (AvgIpc) is 2.37. The SMILES string of the molecule is CCN(C(=O)CCCCl)C(C)c1cccc(O)c1. The minimum Gasteiger partial charge on any atom is -0.508 e. The van der Waals surface area contributed by atoms with Gasteiger partial charge in [0.15, 0.2) is 0 Å². The average molecular weight is 270 g/mol. The first-order valence-electron chi connectivity index (χ1n) is 6.24. The van der Waals surface area contributed by atoms with Crippen molar-refractivity contribution in [2.24, 2.45) is 0 Å². The third-order valence-electron chi connectivity index (χ3n) is 3.01. The molecular weight excluding hydrogens is 250 g/mol. The van der Waals surface area contributed by atoms with E-state index in [4.69, 9.17) is 11.6 Å². The topological polar surface area (TPSA) is 40.5 Å². The second-order valence-corrected chi connectivity index (χ2v) is 4.62. The molecule has 0 aliphatic carbocycles. The highest BCUT2D eigenvalue weighted by atomic mass is 35.5. The van der Waals surface area contributed by atoms with Gasteiger partial charge in [-0.1, -0.05) is 12.1 Å². The van der Waals surface area contributed by atoms with Crippen molar-refractivity contribution >= 4 is 17.5 Å². The number of aromatic hydroxyl groups is 1. The van der Waals surface area contributed by atoms with Gasteiger partial charge in [-0.3, -0.25) is 4.79 Å². The number of rotatable bonds is 6. The number of amides is 1. The predicted molar refractivity (Wildman–Crippen MR) is 73.9 cm³/mol. The van der Waals surface area contributed by atoms with Crippen LogP contribution in [-0.2, 0) is 4.79 Å². The highest BCUT2D eigenvalue weighted by molar-refractivity contribution is 6.17. The van der Waals surface area contributed by atoms with Crippen LogP contribution in [0, 0.1) is 0 Å². The summed E-state index contributed by atoms with van der Waals surface area (Å²) >= 11 is 5.61. The van der Waals surface area contributed by atoms with Crippen molar-refractivity contribution in [1.29, 1.82) is 0 Å². The van der Waals surface area contributed by atoms with Gasteiger partial charge in [0.2, 0.25) is 5.91 Å². The first kappa shape index (κ1) is 14.8. The van der Waals surface area contributed by atoms with Gasteiger partial charge in [-0.05, 0) is 38.0 Å². The van der Waals surface area contributed by atoms with E-state index in [0.717, 1.165) is 5.56 Å². The summed E-state index contributed by atoms with van der Waals surface area (Å²) in [6.45, 7) is 4.58. The summed E-state index contributed by atoms with van der Waals surface area (Å²) in [4.78, 5) is 13.8. The summed E-state index contributed by atoms with van der Waals surface area (Å²) in [5.74, 6) is 0.835. The molecular formula is C14H20ClNO2. The van der Waals surface area contributed by atoms with Gasteiger partial charge in [0.25, 0.3) is 0 Å². The van der Waals surface area contributed by atoms with Crippen molar-refractivity contribution in [3.05, 3.63) is 29.8 Å². The summed E-state index contributed by atoms with van der Waals surface area (Å²) in [7, 11) is 0. The van der Waals surface area contributed by atoms with Gasteiger partial charge < -0.3 is 10.0 Å². The number of alkyl halides is 1. The Hall–Kier alpha value is -1.22. The number of hydrogen-bond donors (Lipinski definition) is 1. The Morgan fingerprint density at radius 1 is 1.50 bits per heavy atom. The van der Waals surface area contributed by atoms with Crippen molar-refractivity contribution in [2.45, 2.75) is 32.7 Å². The van der Waals surface area contributed by atoms with Crippen molar-refractivity contribution in [3.63, 3.8) is 0 Å². The smallest absolute Gasteiger partial charge is 0.223 e. The molecule has 0 saturated heterocycles. The van der Waals surface area contributed by atoms with Crippen LogP contribution in [0.15, 0.2) is 24.3 Å². The number of nitrogens with zero attached hydrogens (tertiary/aromatic N) is 1. The Labute approximate surface area is 113 Å². The number of phenols is 1. The fraction of sp³-hybridized carbons (Fsp3) is 0.500. The molecule has 1 amide bonds. The van der Waals surface area contributed by atoms with Crippen LogP contribution in [0.2, 0.25) is 0 Å². The molecule has 0 aliphatic rings. The number of carbonyl (C=O) groups excluding carboxylic acids is 1. The van der Waals surface area contributed by atoms with Gasteiger partial charge in [0.1, 0.15) is 5.75 Å². The molecule has 1 atom stereocenters. The first-order chi connectivity index (χ1) is 8.60. The summed E-state index contributed by atoms with van der Waals surface area (Å²) in [6.07, 6.45) is 1.17. The second-order valence-electron chi connectivity index (χ2n) is 4.24. The van der Waals surface area contributed by atoms with Crippen molar-refractivity contribution in [3.8, 4) is 5.75 Å². The summed E-state index contributed by atoms with van der Waals surface area (Å²) < 4.78 is 0. The van der Waals surface area contributed by atoms with E-state index in [2.05, 4.69) is 0 Å². The van der Waals surface area contributed by atoms with E-state index in [-0.39, 0.29) is 17.7 Å². The Bertz CT molecular complexity index is 395. The molecule has 0 aliphatic heterocycles. The standard InChI is InChI=1S/C14H20ClNO2/c1-3-16(14(18)8-5-9-15)11(2)12-6-4-7-13(17)10-12/h4,6-7,10-11,17H,3,5,8-9H2,1-2H3. The molecule has 0 spiro atoms. The highest BCUT2D eigenvalue weighted by Gasteiger charge is 2.19. The van der Waals surface area contributed by atoms with Crippen LogP contribution in [0.1, 0.15) is 38.3 Å².